The van der Waals surface area contributed by atoms with Crippen LogP contribution in [-0.4, -0.2) is 0 Å². The minimum absolute atomic E-state index is 0. The molecule has 2 radical (unpaired) electrons. The second kappa shape index (κ2) is 20.7. The predicted molar refractivity (Wildman–Crippen MR) is 115 cm³/mol. The number of hydrogen-bond acceptors (Lipinski definition) is 0. The summed E-state index contributed by atoms with van der Waals surface area (Å²) in [6.45, 7) is 30.5. The van der Waals surface area contributed by atoms with Crippen LogP contribution in [0.15, 0.2) is 60.7 Å². The fourth-order valence-corrected chi connectivity index (χ4v) is 2.28. The smallest absolute Gasteiger partial charge is 0.00506 e. The van der Waals surface area contributed by atoms with E-state index in [0.29, 0.717) is 0 Å². The zero-order chi connectivity index (χ0) is 22.7. The second-order valence-electron chi connectivity index (χ2n) is 5.67. The maximum Gasteiger partial charge on any atom is 0.00506 e. The van der Waals surface area contributed by atoms with Crippen molar-refractivity contribution in [2.45, 2.75) is 27.7 Å². The average molecular weight is 434 g/mol. The van der Waals surface area contributed by atoms with Gasteiger partial charge in [-0.1, -0.05) is 60.7 Å². The third-order valence-electron chi connectivity index (χ3n) is 3.66. The number of allylic oxidation sites excluding steroid dienone is 4. The van der Waals surface area contributed by atoms with Gasteiger partial charge in [-0.05, 0) is 49.9 Å². The molecule has 2 aromatic carbocycles. The van der Waals surface area contributed by atoms with E-state index < -0.39 is 0 Å². The van der Waals surface area contributed by atoms with E-state index >= 15 is 0 Å². The number of nitrogens with zero attached hydrogens (tertiary/aromatic N) is 2. The fraction of sp³-hybridized carbons (Fsp3) is 0.160. The van der Waals surface area contributed by atoms with E-state index in [-0.39, 0.29) is 18.6 Å². The summed E-state index contributed by atoms with van der Waals surface area (Å²) >= 11 is 0. The maximum atomic E-state index is 7.50. The number of benzene rings is 2. The zero-order valence-electron chi connectivity index (χ0n) is 17.5. The average Bonchev–Trinajstić information content (AvgIpc) is 3.32. The van der Waals surface area contributed by atoms with Crippen LogP contribution in [0.4, 0.5) is 11.4 Å². The Morgan fingerprint density at radius 3 is 0.967 bits per heavy atom. The van der Waals surface area contributed by atoms with Crippen LogP contribution < -0.4 is 0 Å². The summed E-state index contributed by atoms with van der Waals surface area (Å²) in [6.07, 6.45) is 10.0. The Morgan fingerprint density at radius 2 is 0.833 bits per heavy atom. The molecule has 0 heterocycles. The Morgan fingerprint density at radius 1 is 0.567 bits per heavy atom. The van der Waals surface area contributed by atoms with E-state index in [9.17, 15) is 0 Å². The molecule has 0 fully saturated rings. The summed E-state index contributed by atoms with van der Waals surface area (Å²) in [5.74, 6) is 0. The molecule has 0 amide bonds. The van der Waals surface area contributed by atoms with E-state index in [2.05, 4.69) is 23.0 Å². The molecule has 0 aliphatic heterocycles. The van der Waals surface area contributed by atoms with Crippen molar-refractivity contribution in [3.63, 3.8) is 0 Å². The van der Waals surface area contributed by atoms with Crippen molar-refractivity contribution in [2.24, 2.45) is 0 Å². The number of rotatable bonds is 0. The minimum atomic E-state index is 0. The Bertz CT molecular complexity index is 825. The van der Waals surface area contributed by atoms with Gasteiger partial charge in [-0.25, -0.2) is 9.69 Å². The molecule has 0 unspecified atom stereocenters. The van der Waals surface area contributed by atoms with Crippen molar-refractivity contribution < 1.29 is 27.9 Å². The summed E-state index contributed by atoms with van der Waals surface area (Å²) in [5, 5.41) is 0. The van der Waals surface area contributed by atoms with Gasteiger partial charge in [0.2, 0.25) is 0 Å². The first-order valence-electron chi connectivity index (χ1n) is 8.46. The van der Waals surface area contributed by atoms with Crippen LogP contribution in [0.3, 0.4) is 0 Å². The van der Waals surface area contributed by atoms with Crippen LogP contribution in [0.5, 0.6) is 0 Å². The quantitative estimate of drug-likeness (QED) is 0.318. The standard InChI is InChI=1S/2C9H9N.C5H5.2CO.V/c2*1-7-5-4-6-8(2)9(7)10-3;1-2-4-5-3-1;2*1-2;/h2*4-6H,1-2H3;1-5H;;;. The van der Waals surface area contributed by atoms with Crippen LogP contribution in [0.1, 0.15) is 22.3 Å². The molecule has 0 saturated heterocycles. The largest absolute Gasteiger partial charge is 0.0767 e. The van der Waals surface area contributed by atoms with Gasteiger partial charge in [0.15, 0.2) is 11.4 Å². The third kappa shape index (κ3) is 12.4. The van der Waals surface area contributed by atoms with Gasteiger partial charge in [-0.3, -0.25) is 0 Å². The van der Waals surface area contributed by atoms with E-state index in [1.165, 1.54) is 0 Å². The van der Waals surface area contributed by atoms with Crippen molar-refractivity contribution in [2.75, 3.05) is 0 Å². The molecule has 1 aliphatic carbocycles. The van der Waals surface area contributed by atoms with E-state index in [1.54, 1.807) is 0 Å². The van der Waals surface area contributed by atoms with Crippen LogP contribution in [0.2, 0.25) is 0 Å². The Balaban J connectivity index is -0.000000343. The third-order valence-corrected chi connectivity index (χ3v) is 3.66. The number of hydrogen-bond donors (Lipinski definition) is 0. The maximum absolute atomic E-state index is 7.50. The molecule has 0 spiro atoms. The molecule has 150 valence electrons. The topological polar surface area (TPSA) is 48.5 Å². The van der Waals surface area contributed by atoms with Gasteiger partial charge in [0.05, 0.1) is 13.1 Å². The van der Waals surface area contributed by atoms with E-state index in [4.69, 9.17) is 22.4 Å². The molecule has 2 aromatic rings. The van der Waals surface area contributed by atoms with Crippen molar-refractivity contribution in [1.82, 2.24) is 0 Å². The van der Waals surface area contributed by atoms with Crippen LogP contribution in [0, 0.1) is 60.6 Å². The molecule has 0 atom stereocenters. The zero-order valence-corrected chi connectivity index (χ0v) is 18.9. The molecule has 0 aromatic heterocycles. The molecular weight excluding hydrogens is 411 g/mol. The molecule has 30 heavy (non-hydrogen) atoms. The van der Waals surface area contributed by atoms with Crippen molar-refractivity contribution in [3.8, 4) is 0 Å². The van der Waals surface area contributed by atoms with Crippen LogP contribution >= 0.6 is 0 Å². The normalized spacial score (nSPS) is 9.00. The van der Waals surface area contributed by atoms with E-state index in [0.717, 1.165) is 33.6 Å². The Labute approximate surface area is 192 Å². The molecule has 3 rings (SSSR count). The van der Waals surface area contributed by atoms with Gasteiger partial charge in [0, 0.05) is 25.0 Å². The fourth-order valence-electron chi connectivity index (χ4n) is 2.28. The summed E-state index contributed by atoms with van der Waals surface area (Å²) in [6, 6.07) is 11.8. The summed E-state index contributed by atoms with van der Waals surface area (Å²) < 4.78 is 15.0. The summed E-state index contributed by atoms with van der Waals surface area (Å²) in [4.78, 5) is 6.84. The molecule has 5 heteroatoms. The van der Waals surface area contributed by atoms with Gasteiger partial charge in [-0.2, -0.15) is 0 Å². The van der Waals surface area contributed by atoms with Crippen molar-refractivity contribution in [1.29, 1.82) is 0 Å². The van der Waals surface area contributed by atoms with Gasteiger partial charge >= 0.3 is 22.6 Å². The Hall–Kier alpha value is -3.04. The van der Waals surface area contributed by atoms with E-state index in [1.807, 2.05) is 94.8 Å². The Kier molecular flexibility index (Phi) is 21.8. The van der Waals surface area contributed by atoms with Crippen LogP contribution in [0.25, 0.3) is 9.69 Å². The number of aryl methyl sites for hydroxylation is 4. The summed E-state index contributed by atoms with van der Waals surface area (Å²) in [7, 11) is 0. The number of para-hydroxylation sites is 2. The van der Waals surface area contributed by atoms with Crippen molar-refractivity contribution >= 4 is 11.4 Å². The molecule has 0 saturated carbocycles. The van der Waals surface area contributed by atoms with Crippen LogP contribution in [-0.2, 0) is 27.9 Å². The SMILES string of the molecule is [C-]#[N+]c1c(C)cccc1C.[C-]#[N+]c1c(C)cccc1C.[C-]#[O+].[C-]#[O+].[CH]1C=CC=C1.[V]. The molecule has 0 bridgehead atoms. The molecule has 0 N–H and O–H groups in total. The first-order chi connectivity index (χ1) is 14.0. The van der Waals surface area contributed by atoms with Gasteiger partial charge in [-0.15, -0.1) is 0 Å². The summed E-state index contributed by atoms with van der Waals surface area (Å²) in [5.41, 5.74) is 5.85. The van der Waals surface area contributed by atoms with Gasteiger partial charge < -0.3 is 0 Å². The van der Waals surface area contributed by atoms with Gasteiger partial charge in [0.25, 0.3) is 0 Å². The van der Waals surface area contributed by atoms with Gasteiger partial charge in [0.1, 0.15) is 0 Å². The molecule has 1 aliphatic rings. The molecular formula is C25H23N2O2V. The molecule has 4 nitrogen and oxygen atoms in total. The predicted octanol–water partition coefficient (Wildman–Crippen LogP) is 6.95. The second-order valence-corrected chi connectivity index (χ2v) is 5.67. The monoisotopic (exact) mass is 434 g/mol. The van der Waals surface area contributed by atoms with Crippen molar-refractivity contribution in [3.05, 3.63) is 126 Å². The minimum Gasteiger partial charge on any atom is -0.0767 e. The first kappa shape index (κ1) is 31.7. The first-order valence-corrected chi connectivity index (χ1v) is 8.46.